The monoisotopic (exact) mass is 784 g/mol. The highest BCUT2D eigenvalue weighted by Gasteiger charge is 2.47. The second-order valence-corrected chi connectivity index (χ2v) is 12.3. The van der Waals surface area contributed by atoms with Crippen LogP contribution in [-0.4, -0.2) is 116 Å². The van der Waals surface area contributed by atoms with Gasteiger partial charge in [0.2, 0.25) is 17.2 Å². The fraction of sp³-hybridized carbons (Fsp3) is 0.176. The first-order chi connectivity index (χ1) is 26.3. The molecule has 0 bridgehead atoms. The summed E-state index contributed by atoms with van der Waals surface area (Å²) < 4.78 is 25.8. The average Bonchev–Trinajstić information content (AvgIpc) is 3.15. The first-order valence-electron chi connectivity index (χ1n) is 15.6. The SMILES string of the molecule is O=C(OC[C@H]1O[C@@H](O)[C@H](O)[C@@H](O)[C@@H]1OC(=O)c1cc(O)c(O)c(O)c1-c1c(O)c(O)c2oc(=O)c3cc(O)c(O)c4oc(=O)c1c2c43)c1cc(O)c(O)c(O)c1. The smallest absolute Gasteiger partial charge is 0.345 e. The van der Waals surface area contributed by atoms with E-state index in [1.807, 2.05) is 0 Å². The largest absolute Gasteiger partial charge is 0.504 e. The number of aliphatic hydroxyl groups excluding tert-OH is 3. The van der Waals surface area contributed by atoms with Gasteiger partial charge < -0.3 is 89.4 Å². The van der Waals surface area contributed by atoms with Gasteiger partial charge in [-0.05, 0) is 24.3 Å². The van der Waals surface area contributed by atoms with Crippen molar-refractivity contribution >= 4 is 44.6 Å². The maximum absolute atomic E-state index is 14.0. The molecule has 4 aromatic carbocycles. The van der Waals surface area contributed by atoms with E-state index in [9.17, 15) is 85.6 Å². The summed E-state index contributed by atoms with van der Waals surface area (Å²) in [5, 5.41) is 133. The van der Waals surface area contributed by atoms with Crippen molar-refractivity contribution in [3.63, 3.8) is 0 Å². The lowest BCUT2D eigenvalue weighted by molar-refractivity contribution is -0.285. The molecule has 5 atom stereocenters. The molecule has 0 unspecified atom stereocenters. The van der Waals surface area contributed by atoms with Crippen LogP contribution in [0.1, 0.15) is 20.7 Å². The number of rotatable bonds is 6. The van der Waals surface area contributed by atoms with E-state index in [1.54, 1.807) is 0 Å². The standard InChI is InChI=1S/C34H24O22/c35-9-1-6(2-10(36)19(9)39)30(47)52-5-13-27(25(45)26(46)34(51)53-13)54-31(48)7-3-11(37)20(40)22(42)14(7)16-18-17-15-8(32(49)55-29(17)24(44)23(16)43)4-12(38)21(41)28(15)56-33(18)50/h1-4,13,25-27,34-46,51H,5H2/t13-,25-,26-,27-,34-/m1/s1. The lowest BCUT2D eigenvalue weighted by Gasteiger charge is -2.39. The zero-order valence-electron chi connectivity index (χ0n) is 27.4. The van der Waals surface area contributed by atoms with Gasteiger partial charge in [-0.15, -0.1) is 0 Å². The van der Waals surface area contributed by atoms with Crippen molar-refractivity contribution in [1.29, 1.82) is 0 Å². The van der Waals surface area contributed by atoms with Crippen LogP contribution in [0.4, 0.5) is 0 Å². The Hall–Kier alpha value is -7.40. The van der Waals surface area contributed by atoms with Gasteiger partial charge in [0.15, 0.2) is 63.8 Å². The fourth-order valence-corrected chi connectivity index (χ4v) is 6.33. The number of carbonyl (C=O) groups excluding carboxylic acids is 2. The number of aliphatic hydroxyl groups is 3. The molecular weight excluding hydrogens is 760 g/mol. The quantitative estimate of drug-likeness (QED) is 0.0458. The second-order valence-electron chi connectivity index (χ2n) is 12.3. The number of hydrogen-bond acceptors (Lipinski definition) is 22. The molecule has 1 aliphatic heterocycles. The molecule has 1 fully saturated rings. The topological polar surface area (TPSA) is 385 Å². The molecule has 0 amide bonds. The molecular formula is C34H24O22. The molecule has 56 heavy (non-hydrogen) atoms. The van der Waals surface area contributed by atoms with Gasteiger partial charge in [0.1, 0.15) is 24.9 Å². The van der Waals surface area contributed by atoms with Gasteiger partial charge in [-0.2, -0.15) is 0 Å². The number of phenolic OH excluding ortho intramolecular Hbond substituents is 10. The van der Waals surface area contributed by atoms with Gasteiger partial charge in [-0.3, -0.25) is 0 Å². The molecule has 1 saturated heterocycles. The van der Waals surface area contributed by atoms with Crippen LogP contribution >= 0.6 is 0 Å². The van der Waals surface area contributed by atoms with Crippen LogP contribution in [0.5, 0.6) is 57.5 Å². The Labute approximate surface area is 305 Å². The summed E-state index contributed by atoms with van der Waals surface area (Å²) in [4.78, 5) is 53.1. The van der Waals surface area contributed by atoms with E-state index in [0.717, 1.165) is 0 Å². The van der Waals surface area contributed by atoms with Crippen molar-refractivity contribution < 1.29 is 99.0 Å². The van der Waals surface area contributed by atoms with Crippen LogP contribution in [0, 0.1) is 0 Å². The summed E-state index contributed by atoms with van der Waals surface area (Å²) in [5.41, 5.74) is -8.27. The third-order valence-electron chi connectivity index (χ3n) is 9.01. The predicted octanol–water partition coefficient (Wildman–Crippen LogP) is 0.0348. The second kappa shape index (κ2) is 12.9. The summed E-state index contributed by atoms with van der Waals surface area (Å²) >= 11 is 0. The van der Waals surface area contributed by atoms with Crippen LogP contribution in [0.3, 0.4) is 0 Å². The first kappa shape index (κ1) is 36.9. The molecule has 0 aliphatic carbocycles. The number of ether oxygens (including phenoxy) is 3. The third-order valence-corrected chi connectivity index (χ3v) is 9.01. The number of aromatic hydroxyl groups is 10. The van der Waals surface area contributed by atoms with Gasteiger partial charge in [-0.1, -0.05) is 0 Å². The Balaban J connectivity index is 1.36. The zero-order valence-corrected chi connectivity index (χ0v) is 27.4. The van der Waals surface area contributed by atoms with E-state index in [4.69, 9.17) is 23.0 Å². The number of hydrogen-bond donors (Lipinski definition) is 13. The molecule has 22 nitrogen and oxygen atoms in total. The Morgan fingerprint density at radius 1 is 0.589 bits per heavy atom. The molecule has 13 N–H and O–H groups in total. The summed E-state index contributed by atoms with van der Waals surface area (Å²) in [6.45, 7) is -1.02. The predicted molar refractivity (Wildman–Crippen MR) is 178 cm³/mol. The van der Waals surface area contributed by atoms with Crippen molar-refractivity contribution in [3.8, 4) is 68.6 Å². The molecule has 6 aromatic rings. The Morgan fingerprint density at radius 2 is 1.16 bits per heavy atom. The zero-order chi connectivity index (χ0) is 40.8. The molecule has 0 saturated carbocycles. The van der Waals surface area contributed by atoms with Crippen LogP contribution < -0.4 is 11.3 Å². The first-order valence-corrected chi connectivity index (χ1v) is 15.6. The minimum atomic E-state index is -2.26. The molecule has 7 rings (SSSR count). The molecule has 3 heterocycles. The van der Waals surface area contributed by atoms with Crippen LogP contribution in [0.2, 0.25) is 0 Å². The van der Waals surface area contributed by atoms with E-state index in [2.05, 4.69) is 0 Å². The lowest BCUT2D eigenvalue weighted by atomic mass is 9.90. The molecule has 0 spiro atoms. The van der Waals surface area contributed by atoms with Crippen LogP contribution in [0.15, 0.2) is 42.7 Å². The minimum Gasteiger partial charge on any atom is -0.504 e. The highest BCUT2D eigenvalue weighted by molar-refractivity contribution is 6.26. The van der Waals surface area contributed by atoms with Gasteiger partial charge in [0, 0.05) is 21.9 Å². The summed E-state index contributed by atoms with van der Waals surface area (Å²) in [6, 6.07) is 2.53. The Morgan fingerprint density at radius 3 is 1.82 bits per heavy atom. The maximum atomic E-state index is 14.0. The van der Waals surface area contributed by atoms with Crippen molar-refractivity contribution in [2.45, 2.75) is 30.7 Å². The van der Waals surface area contributed by atoms with Gasteiger partial charge >= 0.3 is 23.2 Å². The van der Waals surface area contributed by atoms with Crippen LogP contribution in [0.25, 0.3) is 43.8 Å². The molecule has 2 aromatic heterocycles. The number of carbonyl (C=O) groups is 2. The molecule has 1 aliphatic rings. The summed E-state index contributed by atoms with van der Waals surface area (Å²) in [7, 11) is 0. The molecule has 22 heteroatoms. The molecule has 292 valence electrons. The number of phenols is 10. The maximum Gasteiger partial charge on any atom is 0.345 e. The molecule has 0 radical (unpaired) electrons. The summed E-state index contributed by atoms with van der Waals surface area (Å²) in [6.07, 6.45) is -10.7. The highest BCUT2D eigenvalue weighted by atomic mass is 16.7. The fourth-order valence-electron chi connectivity index (χ4n) is 6.33. The average molecular weight is 785 g/mol. The van der Waals surface area contributed by atoms with Gasteiger partial charge in [0.25, 0.3) is 0 Å². The van der Waals surface area contributed by atoms with Crippen molar-refractivity contribution in [1.82, 2.24) is 0 Å². The highest BCUT2D eigenvalue weighted by Crippen LogP contribution is 2.54. The lowest BCUT2D eigenvalue weighted by Crippen LogP contribution is -2.60. The van der Waals surface area contributed by atoms with E-state index >= 15 is 0 Å². The van der Waals surface area contributed by atoms with E-state index in [0.29, 0.717) is 24.3 Å². The van der Waals surface area contributed by atoms with Crippen molar-refractivity contribution in [3.05, 3.63) is 56.2 Å². The Kier molecular flexibility index (Phi) is 8.49. The third kappa shape index (κ3) is 5.43. The van der Waals surface area contributed by atoms with E-state index < -0.39 is 173 Å². The number of benzene rings is 4. The number of esters is 2. The summed E-state index contributed by atoms with van der Waals surface area (Å²) in [5.74, 6) is -14.7. The van der Waals surface area contributed by atoms with E-state index in [1.165, 1.54) is 0 Å². The normalized spacial score (nSPS) is 19.8. The van der Waals surface area contributed by atoms with E-state index in [-0.39, 0.29) is 0 Å². The minimum absolute atomic E-state index is 0.424. The van der Waals surface area contributed by atoms with Crippen molar-refractivity contribution in [2.24, 2.45) is 0 Å². The van der Waals surface area contributed by atoms with Crippen molar-refractivity contribution in [2.75, 3.05) is 6.61 Å². The van der Waals surface area contributed by atoms with Gasteiger partial charge in [0.05, 0.1) is 21.9 Å². The van der Waals surface area contributed by atoms with Crippen LogP contribution in [-0.2, 0) is 14.2 Å². The Bertz CT molecular complexity index is 2740. The van der Waals surface area contributed by atoms with Gasteiger partial charge in [-0.25, -0.2) is 19.2 Å².